The van der Waals surface area contributed by atoms with Gasteiger partial charge in [0.25, 0.3) is 0 Å². The van der Waals surface area contributed by atoms with E-state index in [1.807, 2.05) is 0 Å². The average Bonchev–Trinajstić information content (AvgIpc) is 2.46. The summed E-state index contributed by atoms with van der Waals surface area (Å²) in [5.41, 5.74) is 1.15. The van der Waals surface area contributed by atoms with Crippen LogP contribution in [0.25, 0.3) is 0 Å². The molecule has 0 aliphatic carbocycles. The van der Waals surface area contributed by atoms with Crippen LogP contribution in [0.2, 0.25) is 0 Å². The first kappa shape index (κ1) is 18.1. The third-order valence-corrected chi connectivity index (χ3v) is 5.65. The molecule has 0 saturated carbocycles. The molecule has 1 N–H and O–H groups in total. The molecule has 8 heteroatoms. The van der Waals surface area contributed by atoms with Crippen molar-refractivity contribution in [3.8, 4) is 0 Å². The molecule has 0 amide bonds. The van der Waals surface area contributed by atoms with Gasteiger partial charge in [-0.1, -0.05) is 0 Å². The number of carboxylic acids is 1. The van der Waals surface area contributed by atoms with Crippen LogP contribution < -0.4 is 0 Å². The van der Waals surface area contributed by atoms with Gasteiger partial charge in [0.1, 0.15) is 6.04 Å². The fourth-order valence-corrected chi connectivity index (χ4v) is 3.49. The van der Waals surface area contributed by atoms with Crippen LogP contribution in [0, 0.1) is 13.8 Å². The number of ether oxygens (including phenoxy) is 1. The van der Waals surface area contributed by atoms with E-state index in [1.165, 1.54) is 33.2 Å². The zero-order valence-corrected chi connectivity index (χ0v) is 13.9. The fraction of sp³-hybridized carbons (Fsp3) is 0.429. The Kier molecular flexibility index (Phi) is 5.31. The van der Waals surface area contributed by atoms with Crippen molar-refractivity contribution in [1.29, 1.82) is 0 Å². The number of hydrogen-bond donors (Lipinski definition) is 1. The van der Waals surface area contributed by atoms with Crippen LogP contribution in [-0.2, 0) is 19.6 Å². The second-order valence-electron chi connectivity index (χ2n) is 4.94. The minimum atomic E-state index is -4.06. The maximum atomic E-state index is 12.6. The van der Waals surface area contributed by atoms with Crippen LogP contribution in [-0.4, -0.2) is 50.0 Å². The minimum Gasteiger partial charge on any atom is -0.480 e. The number of benzene rings is 1. The van der Waals surface area contributed by atoms with Crippen LogP contribution in [0.3, 0.4) is 0 Å². The SMILES string of the molecule is COC(=O)c1cc(C)c(C)c(S(=O)(=O)N(C)C(C)C(=O)O)c1. The molecule has 1 atom stereocenters. The van der Waals surface area contributed by atoms with E-state index in [2.05, 4.69) is 4.74 Å². The summed E-state index contributed by atoms with van der Waals surface area (Å²) in [6, 6.07) is 1.50. The van der Waals surface area contributed by atoms with Crippen molar-refractivity contribution in [1.82, 2.24) is 4.31 Å². The normalized spacial score (nSPS) is 13.0. The van der Waals surface area contributed by atoms with Crippen LogP contribution in [0.15, 0.2) is 17.0 Å². The molecule has 0 spiro atoms. The van der Waals surface area contributed by atoms with E-state index in [1.54, 1.807) is 13.8 Å². The number of aryl methyl sites for hydroxylation is 1. The van der Waals surface area contributed by atoms with Crippen molar-refractivity contribution in [2.75, 3.05) is 14.2 Å². The third kappa shape index (κ3) is 3.28. The number of esters is 1. The monoisotopic (exact) mass is 329 g/mol. The van der Waals surface area contributed by atoms with Gasteiger partial charge in [-0.25, -0.2) is 13.2 Å². The number of carboxylic acid groups (broad SMARTS) is 1. The van der Waals surface area contributed by atoms with E-state index in [0.717, 1.165) is 4.31 Å². The Bertz CT molecular complexity index is 710. The molecule has 0 radical (unpaired) electrons. The Labute approximate surface area is 129 Å². The summed E-state index contributed by atoms with van der Waals surface area (Å²) in [6.45, 7) is 4.54. The maximum absolute atomic E-state index is 12.6. The molecule has 0 fully saturated rings. The highest BCUT2D eigenvalue weighted by molar-refractivity contribution is 7.89. The smallest absolute Gasteiger partial charge is 0.337 e. The fourth-order valence-electron chi connectivity index (χ4n) is 1.85. The molecule has 1 rings (SSSR count). The summed E-state index contributed by atoms with van der Waals surface area (Å²) in [4.78, 5) is 22.5. The van der Waals surface area contributed by atoms with E-state index >= 15 is 0 Å². The largest absolute Gasteiger partial charge is 0.480 e. The number of carbonyl (C=O) groups is 2. The van der Waals surface area contributed by atoms with Crippen molar-refractivity contribution < 1.29 is 27.9 Å². The van der Waals surface area contributed by atoms with Crippen LogP contribution in [0.1, 0.15) is 28.4 Å². The van der Waals surface area contributed by atoms with Crippen LogP contribution >= 0.6 is 0 Å². The Morgan fingerprint density at radius 2 is 1.82 bits per heavy atom. The zero-order valence-electron chi connectivity index (χ0n) is 13.1. The van der Waals surface area contributed by atoms with Gasteiger partial charge in [-0.15, -0.1) is 0 Å². The van der Waals surface area contributed by atoms with Gasteiger partial charge in [-0.2, -0.15) is 4.31 Å². The van der Waals surface area contributed by atoms with Gasteiger partial charge in [-0.05, 0) is 44.0 Å². The van der Waals surface area contributed by atoms with Gasteiger partial charge in [0, 0.05) is 7.05 Å². The lowest BCUT2D eigenvalue weighted by molar-refractivity contribution is -0.140. The van der Waals surface area contributed by atoms with Crippen LogP contribution in [0.5, 0.6) is 0 Å². The maximum Gasteiger partial charge on any atom is 0.337 e. The van der Waals surface area contributed by atoms with E-state index < -0.39 is 28.0 Å². The highest BCUT2D eigenvalue weighted by Crippen LogP contribution is 2.25. The van der Waals surface area contributed by atoms with E-state index in [0.29, 0.717) is 11.1 Å². The van der Waals surface area contributed by atoms with Crippen molar-refractivity contribution in [3.05, 3.63) is 28.8 Å². The predicted octanol–water partition coefficient (Wildman–Crippen LogP) is 1.18. The van der Waals surface area contributed by atoms with Gasteiger partial charge in [0.2, 0.25) is 10.0 Å². The van der Waals surface area contributed by atoms with Gasteiger partial charge in [-0.3, -0.25) is 4.79 Å². The summed E-state index contributed by atoms with van der Waals surface area (Å²) in [5, 5.41) is 8.99. The third-order valence-electron chi connectivity index (χ3n) is 3.60. The van der Waals surface area contributed by atoms with Crippen molar-refractivity contribution >= 4 is 22.0 Å². The predicted molar refractivity (Wildman–Crippen MR) is 79.3 cm³/mol. The molecule has 1 aromatic carbocycles. The number of nitrogens with zero attached hydrogens (tertiary/aromatic N) is 1. The second kappa shape index (κ2) is 6.45. The molecule has 0 aliphatic heterocycles. The Morgan fingerprint density at radius 3 is 2.27 bits per heavy atom. The molecule has 1 unspecified atom stereocenters. The Morgan fingerprint density at radius 1 is 1.27 bits per heavy atom. The molecule has 22 heavy (non-hydrogen) atoms. The highest BCUT2D eigenvalue weighted by atomic mass is 32.2. The summed E-state index contributed by atoms with van der Waals surface area (Å²) in [6.07, 6.45) is 0. The molecule has 0 bridgehead atoms. The standard InChI is InChI=1S/C14H19NO6S/c1-8-6-11(14(18)21-5)7-12(9(8)2)22(19,20)15(4)10(3)13(16)17/h6-7,10H,1-5H3,(H,16,17). The average molecular weight is 329 g/mol. The van der Waals surface area contributed by atoms with Gasteiger partial charge < -0.3 is 9.84 Å². The first-order chi connectivity index (χ1) is 10.0. The molecule has 122 valence electrons. The highest BCUT2D eigenvalue weighted by Gasteiger charge is 2.31. The molecule has 0 heterocycles. The van der Waals surface area contributed by atoms with E-state index in [9.17, 15) is 18.0 Å². The Hall–Kier alpha value is -1.93. The van der Waals surface area contributed by atoms with Gasteiger partial charge in [0.05, 0.1) is 17.6 Å². The van der Waals surface area contributed by atoms with Gasteiger partial charge >= 0.3 is 11.9 Å². The number of sulfonamides is 1. The number of hydrogen-bond acceptors (Lipinski definition) is 5. The lowest BCUT2D eigenvalue weighted by atomic mass is 10.1. The first-order valence-corrected chi connectivity index (χ1v) is 7.88. The van der Waals surface area contributed by atoms with E-state index in [-0.39, 0.29) is 10.5 Å². The molecule has 0 aromatic heterocycles. The first-order valence-electron chi connectivity index (χ1n) is 6.44. The topological polar surface area (TPSA) is 101 Å². The van der Waals surface area contributed by atoms with Gasteiger partial charge in [0.15, 0.2) is 0 Å². The summed E-state index contributed by atoms with van der Waals surface area (Å²) >= 11 is 0. The molecule has 1 aromatic rings. The summed E-state index contributed by atoms with van der Waals surface area (Å²) < 4.78 is 30.6. The van der Waals surface area contributed by atoms with E-state index in [4.69, 9.17) is 5.11 Å². The second-order valence-corrected chi connectivity index (χ2v) is 6.91. The molecular weight excluding hydrogens is 310 g/mol. The van der Waals surface area contributed by atoms with Crippen molar-refractivity contribution in [3.63, 3.8) is 0 Å². The number of methoxy groups -OCH3 is 1. The number of likely N-dealkylation sites (N-methyl/N-ethyl adjacent to an activating group) is 1. The zero-order chi connectivity index (χ0) is 17.2. The molecule has 0 saturated heterocycles. The van der Waals surface area contributed by atoms with Crippen molar-refractivity contribution in [2.45, 2.75) is 31.7 Å². The van der Waals surface area contributed by atoms with Crippen molar-refractivity contribution in [2.24, 2.45) is 0 Å². The molecule has 0 aliphatic rings. The summed E-state index contributed by atoms with van der Waals surface area (Å²) in [5.74, 6) is -1.92. The van der Waals surface area contributed by atoms with Crippen LogP contribution in [0.4, 0.5) is 0 Å². The molecular formula is C14H19NO6S. The number of aliphatic carboxylic acids is 1. The Balaban J connectivity index is 3.51. The number of carbonyl (C=O) groups excluding carboxylic acids is 1. The summed E-state index contributed by atoms with van der Waals surface area (Å²) in [7, 11) is -1.67. The molecule has 7 nitrogen and oxygen atoms in total. The lowest BCUT2D eigenvalue weighted by Crippen LogP contribution is -2.40. The lowest BCUT2D eigenvalue weighted by Gasteiger charge is -2.23. The quantitative estimate of drug-likeness (QED) is 0.814. The number of rotatable bonds is 5. The minimum absolute atomic E-state index is 0.0977.